The summed E-state index contributed by atoms with van der Waals surface area (Å²) in [5, 5.41) is 0. The number of nitrogens with zero attached hydrogens (tertiary/aromatic N) is 5. The van der Waals surface area contributed by atoms with Gasteiger partial charge in [0.1, 0.15) is 17.6 Å². The van der Waals surface area contributed by atoms with Crippen molar-refractivity contribution in [1.82, 2.24) is 24.9 Å². The van der Waals surface area contributed by atoms with Crippen LogP contribution in [0.1, 0.15) is 22.5 Å². The number of benzene rings is 2. The Kier molecular flexibility index (Phi) is 6.93. The van der Waals surface area contributed by atoms with Gasteiger partial charge in [0.15, 0.2) is 23.2 Å². The fourth-order valence-corrected chi connectivity index (χ4v) is 4.37. The van der Waals surface area contributed by atoms with Crippen LogP contribution >= 0.6 is 0 Å². The molecule has 0 N–H and O–H groups in total. The quantitative estimate of drug-likeness (QED) is 0.164. The molecule has 0 unspecified atom stereocenters. The van der Waals surface area contributed by atoms with Crippen molar-refractivity contribution in [3.05, 3.63) is 156 Å². The SMILES string of the molecule is C1=CC(c2ccc(C#Cc3cccc(-c4nc(-c5ccccn5)nc(-c5ccccn5)n4)c3)cc2)=COC=1c1ccco1. The van der Waals surface area contributed by atoms with Crippen LogP contribution < -0.4 is 0 Å². The maximum absolute atomic E-state index is 5.71. The Morgan fingerprint density at radius 3 is 1.95 bits per heavy atom. The number of allylic oxidation sites excluding steroid dienone is 2. The first-order chi connectivity index (χ1) is 21.3. The molecule has 0 bridgehead atoms. The first kappa shape index (κ1) is 25.6. The van der Waals surface area contributed by atoms with Crippen LogP contribution in [0.5, 0.6) is 0 Å². The molecule has 0 fully saturated rings. The van der Waals surface area contributed by atoms with Gasteiger partial charge < -0.3 is 9.15 Å². The van der Waals surface area contributed by atoms with Gasteiger partial charge >= 0.3 is 0 Å². The highest BCUT2D eigenvalue weighted by Crippen LogP contribution is 2.26. The first-order valence-corrected chi connectivity index (χ1v) is 13.5. The second-order valence-corrected chi connectivity index (χ2v) is 9.43. The first-order valence-electron chi connectivity index (χ1n) is 13.5. The lowest BCUT2D eigenvalue weighted by atomic mass is 10.0. The number of ether oxygens (including phenoxy) is 1. The van der Waals surface area contributed by atoms with Crippen LogP contribution in [0, 0.1) is 11.8 Å². The van der Waals surface area contributed by atoms with Gasteiger partial charge in [-0.25, -0.2) is 15.0 Å². The summed E-state index contributed by atoms with van der Waals surface area (Å²) in [6, 6.07) is 30.7. The molecular weight excluding hydrogens is 534 g/mol. The van der Waals surface area contributed by atoms with Crippen LogP contribution in [0.4, 0.5) is 0 Å². The third kappa shape index (κ3) is 5.77. The van der Waals surface area contributed by atoms with E-state index >= 15 is 0 Å². The van der Waals surface area contributed by atoms with E-state index < -0.39 is 0 Å². The summed E-state index contributed by atoms with van der Waals surface area (Å²) in [7, 11) is 0. The van der Waals surface area contributed by atoms with Crippen molar-refractivity contribution in [3.63, 3.8) is 0 Å². The maximum Gasteiger partial charge on any atom is 0.211 e. The van der Waals surface area contributed by atoms with Crippen molar-refractivity contribution < 1.29 is 9.15 Å². The van der Waals surface area contributed by atoms with Crippen LogP contribution in [0.25, 0.3) is 45.8 Å². The summed E-state index contributed by atoms with van der Waals surface area (Å²) in [5.74, 6) is 9.18. The predicted molar refractivity (Wildman–Crippen MR) is 163 cm³/mol. The van der Waals surface area contributed by atoms with Crippen molar-refractivity contribution >= 4 is 11.3 Å². The second-order valence-electron chi connectivity index (χ2n) is 9.43. The molecule has 0 radical (unpaired) electrons. The lowest BCUT2D eigenvalue weighted by Crippen LogP contribution is -2.01. The van der Waals surface area contributed by atoms with Crippen molar-refractivity contribution in [2.75, 3.05) is 0 Å². The van der Waals surface area contributed by atoms with Crippen molar-refractivity contribution in [2.45, 2.75) is 0 Å². The van der Waals surface area contributed by atoms with Gasteiger partial charge in [0, 0.05) is 34.7 Å². The van der Waals surface area contributed by atoms with Crippen LogP contribution in [0.2, 0.25) is 0 Å². The molecule has 2 aromatic carbocycles. The molecule has 0 saturated carbocycles. The molecule has 0 spiro atoms. The summed E-state index contributed by atoms with van der Waals surface area (Å²) >= 11 is 0. The van der Waals surface area contributed by atoms with Crippen LogP contribution in [-0.2, 0) is 4.74 Å². The molecule has 1 aliphatic heterocycles. The highest BCUT2D eigenvalue weighted by molar-refractivity contribution is 5.77. The Morgan fingerprint density at radius 2 is 1.33 bits per heavy atom. The van der Waals surface area contributed by atoms with E-state index in [2.05, 4.69) is 32.5 Å². The van der Waals surface area contributed by atoms with Crippen molar-refractivity contribution in [2.24, 2.45) is 0 Å². The lowest BCUT2D eigenvalue weighted by molar-refractivity contribution is 0.409. The third-order valence-corrected chi connectivity index (χ3v) is 6.52. The van der Waals surface area contributed by atoms with E-state index in [9.17, 15) is 0 Å². The van der Waals surface area contributed by atoms with Gasteiger partial charge in [-0.2, -0.15) is 0 Å². The zero-order valence-electron chi connectivity index (χ0n) is 22.7. The largest absolute Gasteiger partial charge is 0.460 e. The second kappa shape index (κ2) is 11.6. The molecule has 43 heavy (non-hydrogen) atoms. The smallest absolute Gasteiger partial charge is 0.211 e. The predicted octanol–water partition coefficient (Wildman–Crippen LogP) is 7.22. The van der Waals surface area contributed by atoms with Gasteiger partial charge in [-0.15, -0.1) is 0 Å². The number of aromatic nitrogens is 5. The van der Waals surface area contributed by atoms with E-state index in [1.807, 2.05) is 103 Å². The molecular formula is C36H21N5O2. The average molecular weight is 556 g/mol. The van der Waals surface area contributed by atoms with Gasteiger partial charge in [0.2, 0.25) is 5.76 Å². The number of rotatable bonds is 5. The Morgan fingerprint density at radius 1 is 0.605 bits per heavy atom. The van der Waals surface area contributed by atoms with E-state index in [0.717, 1.165) is 27.8 Å². The highest BCUT2D eigenvalue weighted by Gasteiger charge is 2.14. The van der Waals surface area contributed by atoms with E-state index in [-0.39, 0.29) is 0 Å². The monoisotopic (exact) mass is 555 g/mol. The Bertz CT molecular complexity index is 2010. The maximum atomic E-state index is 5.71. The zero-order valence-corrected chi connectivity index (χ0v) is 22.7. The van der Waals surface area contributed by atoms with Crippen LogP contribution in [0.15, 0.2) is 138 Å². The fraction of sp³-hybridized carbons (Fsp3) is 0. The Labute approximate surface area is 247 Å². The lowest BCUT2D eigenvalue weighted by Gasteiger charge is -2.08. The minimum absolute atomic E-state index is 0.476. The van der Waals surface area contributed by atoms with Gasteiger partial charge in [-0.1, -0.05) is 54.0 Å². The minimum atomic E-state index is 0.476. The van der Waals surface area contributed by atoms with Crippen molar-refractivity contribution in [3.8, 4) is 46.3 Å². The average Bonchev–Trinajstić information content (AvgIpc) is 3.64. The molecule has 7 rings (SSSR count). The molecule has 0 saturated heterocycles. The van der Waals surface area contributed by atoms with Crippen molar-refractivity contribution in [1.29, 1.82) is 0 Å². The number of pyridine rings is 2. The molecule has 7 heteroatoms. The molecule has 4 aromatic heterocycles. The van der Waals surface area contributed by atoms with E-state index in [4.69, 9.17) is 19.1 Å². The molecule has 6 aromatic rings. The van der Waals surface area contributed by atoms with Gasteiger partial charge in [0.25, 0.3) is 0 Å². The molecule has 0 amide bonds. The standard InChI is InChI=1S/C36H21N5O2/c1-3-20-37-30(9-1)35-39-34(40-36(41-35)31-10-2-4-21-38-31)28-8-5-7-26(23-28)13-12-25-14-16-27(17-15-25)29-18-19-33(43-24-29)32-11-6-22-42-32/h1-11,14-18,20-24H. The number of furan rings is 1. The van der Waals surface area contributed by atoms with E-state index in [1.54, 1.807) is 24.9 Å². The highest BCUT2D eigenvalue weighted by atomic mass is 16.5. The van der Waals surface area contributed by atoms with Gasteiger partial charge in [0.05, 0.1) is 6.26 Å². The summed E-state index contributed by atoms with van der Waals surface area (Å²) in [4.78, 5) is 23.0. The summed E-state index contributed by atoms with van der Waals surface area (Å²) in [6.45, 7) is 0. The number of hydrogen-bond donors (Lipinski definition) is 0. The molecule has 7 nitrogen and oxygen atoms in total. The molecule has 0 atom stereocenters. The summed E-state index contributed by atoms with van der Waals surface area (Å²) in [5.41, 5.74) is 8.90. The van der Waals surface area contributed by atoms with E-state index in [1.165, 1.54) is 0 Å². The summed E-state index contributed by atoms with van der Waals surface area (Å²) < 4.78 is 11.1. The number of hydrogen-bond acceptors (Lipinski definition) is 7. The van der Waals surface area contributed by atoms with Gasteiger partial charge in [-0.05, 0) is 72.3 Å². The van der Waals surface area contributed by atoms with Crippen LogP contribution in [-0.4, -0.2) is 24.9 Å². The topological polar surface area (TPSA) is 86.8 Å². The molecule has 5 heterocycles. The third-order valence-electron chi connectivity index (χ3n) is 6.52. The normalized spacial score (nSPS) is 12.0. The summed E-state index contributed by atoms with van der Waals surface area (Å²) in [6.07, 6.45) is 8.61. The molecule has 1 aliphatic rings. The van der Waals surface area contributed by atoms with E-state index in [0.29, 0.717) is 40.4 Å². The van der Waals surface area contributed by atoms with Crippen LogP contribution in [0.3, 0.4) is 0 Å². The fourth-order valence-electron chi connectivity index (χ4n) is 4.37. The Balaban J connectivity index is 1.15. The minimum Gasteiger partial charge on any atom is -0.460 e. The van der Waals surface area contributed by atoms with Gasteiger partial charge in [-0.3, -0.25) is 9.97 Å². The molecule has 202 valence electrons. The Hall–Kier alpha value is -6.35. The zero-order chi connectivity index (χ0) is 28.8. The molecule has 0 aliphatic carbocycles.